The van der Waals surface area contributed by atoms with Gasteiger partial charge in [-0.15, -0.1) is 11.6 Å². The average Bonchev–Trinajstić information content (AvgIpc) is 2.15. The summed E-state index contributed by atoms with van der Waals surface area (Å²) in [5.41, 5.74) is 6.74. The Morgan fingerprint density at radius 3 is 2.50 bits per heavy atom. The fraction of sp³-hybridized carbons (Fsp3) is 0.200. The number of hydrogen-bond acceptors (Lipinski definition) is 2. The molecule has 0 saturated carbocycles. The molecule has 74 valence electrons. The second-order valence-corrected chi connectivity index (χ2v) is 3.22. The van der Waals surface area contributed by atoms with Gasteiger partial charge in [0.2, 0.25) is 5.91 Å². The van der Waals surface area contributed by atoms with Gasteiger partial charge in [-0.3, -0.25) is 9.59 Å². The lowest BCUT2D eigenvalue weighted by atomic mass is 10.0. The standard InChI is InChI=1S/C10H10ClNO2/c1-6-4-7(9(13)5-11)2-3-8(6)10(12)14/h2-4H,5H2,1H3,(H2,12,14). The van der Waals surface area contributed by atoms with E-state index in [1.807, 2.05) is 0 Å². The molecule has 0 aliphatic rings. The van der Waals surface area contributed by atoms with E-state index in [2.05, 4.69) is 0 Å². The maximum atomic E-state index is 11.2. The highest BCUT2D eigenvalue weighted by atomic mass is 35.5. The highest BCUT2D eigenvalue weighted by Crippen LogP contribution is 2.11. The number of benzene rings is 1. The Labute approximate surface area is 86.9 Å². The monoisotopic (exact) mass is 211 g/mol. The largest absolute Gasteiger partial charge is 0.366 e. The first kappa shape index (κ1) is 10.7. The molecule has 0 radical (unpaired) electrons. The number of primary amides is 1. The zero-order valence-electron chi connectivity index (χ0n) is 7.71. The molecule has 0 unspecified atom stereocenters. The van der Waals surface area contributed by atoms with E-state index >= 15 is 0 Å². The minimum atomic E-state index is -0.493. The molecule has 0 aliphatic heterocycles. The van der Waals surface area contributed by atoms with Crippen molar-refractivity contribution in [2.75, 3.05) is 5.88 Å². The van der Waals surface area contributed by atoms with Crippen LogP contribution < -0.4 is 5.73 Å². The number of rotatable bonds is 3. The Bertz CT molecular complexity index is 388. The molecule has 0 spiro atoms. The first-order chi connectivity index (χ1) is 6.56. The quantitative estimate of drug-likeness (QED) is 0.609. The van der Waals surface area contributed by atoms with Gasteiger partial charge in [-0.05, 0) is 24.6 Å². The van der Waals surface area contributed by atoms with Gasteiger partial charge in [-0.2, -0.15) is 0 Å². The van der Waals surface area contributed by atoms with Crippen LogP contribution in [0.1, 0.15) is 26.3 Å². The molecule has 1 aromatic carbocycles. The van der Waals surface area contributed by atoms with Crippen LogP contribution in [-0.2, 0) is 0 Å². The second kappa shape index (κ2) is 4.24. The summed E-state index contributed by atoms with van der Waals surface area (Å²) in [4.78, 5) is 22.1. The van der Waals surface area contributed by atoms with E-state index in [9.17, 15) is 9.59 Å². The van der Waals surface area contributed by atoms with E-state index < -0.39 is 5.91 Å². The van der Waals surface area contributed by atoms with Crippen molar-refractivity contribution in [2.24, 2.45) is 5.73 Å². The molecule has 1 aromatic rings. The number of ketones is 1. The lowest BCUT2D eigenvalue weighted by Gasteiger charge is -2.03. The summed E-state index contributed by atoms with van der Waals surface area (Å²) in [6.45, 7) is 1.73. The number of aryl methyl sites for hydroxylation is 1. The third-order valence-electron chi connectivity index (χ3n) is 1.94. The van der Waals surface area contributed by atoms with Crippen LogP contribution in [0, 0.1) is 6.92 Å². The zero-order chi connectivity index (χ0) is 10.7. The molecule has 0 atom stereocenters. The van der Waals surface area contributed by atoms with Crippen molar-refractivity contribution >= 4 is 23.3 Å². The van der Waals surface area contributed by atoms with Crippen molar-refractivity contribution in [1.82, 2.24) is 0 Å². The van der Waals surface area contributed by atoms with Gasteiger partial charge in [0.1, 0.15) is 0 Å². The summed E-state index contributed by atoms with van der Waals surface area (Å²) in [6, 6.07) is 4.71. The summed E-state index contributed by atoms with van der Waals surface area (Å²) in [7, 11) is 0. The smallest absolute Gasteiger partial charge is 0.248 e. The fourth-order valence-electron chi connectivity index (χ4n) is 1.19. The summed E-state index contributed by atoms with van der Waals surface area (Å²) >= 11 is 5.40. The topological polar surface area (TPSA) is 60.2 Å². The second-order valence-electron chi connectivity index (χ2n) is 2.95. The number of hydrogen-bond donors (Lipinski definition) is 1. The first-order valence-electron chi connectivity index (χ1n) is 4.06. The SMILES string of the molecule is Cc1cc(C(=O)CCl)ccc1C(N)=O. The molecule has 1 amide bonds. The van der Waals surface area contributed by atoms with E-state index in [4.69, 9.17) is 17.3 Å². The minimum absolute atomic E-state index is 0.0602. The minimum Gasteiger partial charge on any atom is -0.366 e. The Balaban J connectivity index is 3.12. The maximum absolute atomic E-state index is 11.2. The maximum Gasteiger partial charge on any atom is 0.248 e. The van der Waals surface area contributed by atoms with E-state index in [0.717, 1.165) is 0 Å². The van der Waals surface area contributed by atoms with E-state index in [1.54, 1.807) is 19.1 Å². The van der Waals surface area contributed by atoms with Crippen LogP contribution in [0.4, 0.5) is 0 Å². The molecule has 14 heavy (non-hydrogen) atoms. The van der Waals surface area contributed by atoms with Crippen molar-refractivity contribution in [3.8, 4) is 0 Å². The molecule has 0 aromatic heterocycles. The molecule has 2 N–H and O–H groups in total. The van der Waals surface area contributed by atoms with Crippen LogP contribution in [0.15, 0.2) is 18.2 Å². The predicted molar refractivity (Wildman–Crippen MR) is 54.7 cm³/mol. The molecule has 0 aliphatic carbocycles. The Morgan fingerprint density at radius 2 is 2.07 bits per heavy atom. The van der Waals surface area contributed by atoms with Crippen molar-refractivity contribution in [1.29, 1.82) is 0 Å². The van der Waals surface area contributed by atoms with Crippen LogP contribution in [-0.4, -0.2) is 17.6 Å². The van der Waals surface area contributed by atoms with Gasteiger partial charge < -0.3 is 5.73 Å². The summed E-state index contributed by atoms with van der Waals surface area (Å²) in [6.07, 6.45) is 0. The number of amides is 1. The van der Waals surface area contributed by atoms with Crippen LogP contribution >= 0.6 is 11.6 Å². The van der Waals surface area contributed by atoms with Crippen LogP contribution in [0.2, 0.25) is 0 Å². The first-order valence-corrected chi connectivity index (χ1v) is 4.59. The van der Waals surface area contributed by atoms with Gasteiger partial charge in [-0.25, -0.2) is 0 Å². The zero-order valence-corrected chi connectivity index (χ0v) is 8.47. The summed E-state index contributed by atoms with van der Waals surface area (Å²) in [5, 5.41) is 0. The van der Waals surface area contributed by atoms with Gasteiger partial charge in [-0.1, -0.05) is 6.07 Å². The average molecular weight is 212 g/mol. The van der Waals surface area contributed by atoms with Crippen LogP contribution in [0.25, 0.3) is 0 Å². The molecule has 1 rings (SSSR count). The highest BCUT2D eigenvalue weighted by molar-refractivity contribution is 6.30. The molecule has 0 fully saturated rings. The molecule has 3 nitrogen and oxygen atoms in total. The fourth-order valence-corrected chi connectivity index (χ4v) is 1.35. The number of carbonyl (C=O) groups excluding carboxylic acids is 2. The predicted octanol–water partition coefficient (Wildman–Crippen LogP) is 1.52. The lowest BCUT2D eigenvalue weighted by Crippen LogP contribution is -2.13. The molecule has 0 saturated heterocycles. The number of halogens is 1. The number of nitrogens with two attached hydrogens (primary N) is 1. The molecule has 0 bridgehead atoms. The number of Topliss-reactive ketones (excluding diaryl/α,β-unsaturated/α-hetero) is 1. The van der Waals surface area contributed by atoms with Gasteiger partial charge >= 0.3 is 0 Å². The molecule has 4 heteroatoms. The normalized spacial score (nSPS) is 9.86. The molecule has 0 heterocycles. The van der Waals surface area contributed by atoms with Crippen molar-refractivity contribution in [3.05, 3.63) is 34.9 Å². The molecular formula is C10H10ClNO2. The van der Waals surface area contributed by atoms with Gasteiger partial charge in [0.25, 0.3) is 0 Å². The van der Waals surface area contributed by atoms with Crippen molar-refractivity contribution in [2.45, 2.75) is 6.92 Å². The number of carbonyl (C=O) groups is 2. The van der Waals surface area contributed by atoms with Crippen molar-refractivity contribution < 1.29 is 9.59 Å². The Kier molecular flexibility index (Phi) is 3.25. The highest BCUT2D eigenvalue weighted by Gasteiger charge is 2.08. The third kappa shape index (κ3) is 2.12. The van der Waals surface area contributed by atoms with Gasteiger partial charge in [0, 0.05) is 11.1 Å². The Hall–Kier alpha value is -1.35. The van der Waals surface area contributed by atoms with E-state index in [-0.39, 0.29) is 11.7 Å². The van der Waals surface area contributed by atoms with Gasteiger partial charge in [0.15, 0.2) is 5.78 Å². The molecular weight excluding hydrogens is 202 g/mol. The Morgan fingerprint density at radius 1 is 1.43 bits per heavy atom. The van der Waals surface area contributed by atoms with E-state index in [1.165, 1.54) is 6.07 Å². The van der Waals surface area contributed by atoms with Crippen LogP contribution in [0.5, 0.6) is 0 Å². The van der Waals surface area contributed by atoms with Crippen molar-refractivity contribution in [3.63, 3.8) is 0 Å². The summed E-state index contributed by atoms with van der Waals surface area (Å²) in [5.74, 6) is -0.715. The van der Waals surface area contributed by atoms with Crippen LogP contribution in [0.3, 0.4) is 0 Å². The van der Waals surface area contributed by atoms with E-state index in [0.29, 0.717) is 16.7 Å². The summed E-state index contributed by atoms with van der Waals surface area (Å²) < 4.78 is 0. The third-order valence-corrected chi connectivity index (χ3v) is 2.18. The van der Waals surface area contributed by atoms with Gasteiger partial charge in [0.05, 0.1) is 5.88 Å². The number of alkyl halides is 1. The lowest BCUT2D eigenvalue weighted by molar-refractivity contribution is 0.0993.